The summed E-state index contributed by atoms with van der Waals surface area (Å²) in [6.45, 7) is 8.57. The van der Waals surface area contributed by atoms with E-state index in [2.05, 4.69) is 18.8 Å². The van der Waals surface area contributed by atoms with Crippen molar-refractivity contribution in [2.24, 2.45) is 11.1 Å². The van der Waals surface area contributed by atoms with Crippen LogP contribution in [0.5, 0.6) is 0 Å². The number of thiophene rings is 1. The van der Waals surface area contributed by atoms with Gasteiger partial charge in [-0.05, 0) is 30.0 Å². The van der Waals surface area contributed by atoms with Gasteiger partial charge in [0.15, 0.2) is 0 Å². The van der Waals surface area contributed by atoms with Gasteiger partial charge in [-0.25, -0.2) is 22.9 Å². The molecule has 2 N–H and O–H groups in total. The Morgan fingerprint density at radius 3 is 2.52 bits per heavy atom. The van der Waals surface area contributed by atoms with Crippen LogP contribution in [0.25, 0.3) is 11.1 Å². The van der Waals surface area contributed by atoms with E-state index in [1.54, 1.807) is 18.3 Å². The average Bonchev–Trinajstić information content (AvgIpc) is 3.22. The predicted octanol–water partition coefficient (Wildman–Crippen LogP) is 4.77. The first-order chi connectivity index (χ1) is 13.6. The van der Waals surface area contributed by atoms with Crippen LogP contribution in [0.2, 0.25) is 0 Å². The number of imidazole rings is 1. The second kappa shape index (κ2) is 8.38. The maximum absolute atomic E-state index is 14.9. The maximum atomic E-state index is 14.9. The lowest BCUT2D eigenvalue weighted by Gasteiger charge is -2.12. The molecule has 8 heteroatoms. The summed E-state index contributed by atoms with van der Waals surface area (Å²) in [4.78, 5) is 5.25. The fourth-order valence-electron chi connectivity index (χ4n) is 3.32. The minimum absolute atomic E-state index is 0.0806. The zero-order valence-corrected chi connectivity index (χ0v) is 18.6. The Hall–Kier alpha value is -2.03. The third kappa shape index (κ3) is 4.94. The normalized spacial score (nSPS) is 12.3. The van der Waals surface area contributed by atoms with Crippen LogP contribution in [-0.2, 0) is 23.0 Å². The summed E-state index contributed by atoms with van der Waals surface area (Å²) in [6.07, 6.45) is 4.28. The van der Waals surface area contributed by atoms with Gasteiger partial charge in [0.25, 0.3) is 0 Å². The second-order valence-electron chi connectivity index (χ2n) is 7.93. The number of sulfonamides is 1. The van der Waals surface area contributed by atoms with Crippen molar-refractivity contribution in [1.29, 1.82) is 0 Å². The Kier molecular flexibility index (Phi) is 6.26. The summed E-state index contributed by atoms with van der Waals surface area (Å²) in [6, 6.07) is 6.64. The molecule has 2 heterocycles. The molecule has 156 valence electrons. The first-order valence-corrected chi connectivity index (χ1v) is 11.9. The van der Waals surface area contributed by atoms with Crippen molar-refractivity contribution >= 4 is 21.4 Å². The van der Waals surface area contributed by atoms with Crippen LogP contribution in [0.4, 0.5) is 4.39 Å². The Morgan fingerprint density at radius 2 is 1.93 bits per heavy atom. The lowest BCUT2D eigenvalue weighted by molar-refractivity contribution is 0.588. The van der Waals surface area contributed by atoms with Gasteiger partial charge in [-0.3, -0.25) is 0 Å². The molecule has 0 spiro atoms. The third-order valence-electron chi connectivity index (χ3n) is 4.59. The van der Waals surface area contributed by atoms with Crippen molar-refractivity contribution in [3.8, 4) is 11.1 Å². The van der Waals surface area contributed by atoms with Gasteiger partial charge in [0, 0.05) is 34.3 Å². The van der Waals surface area contributed by atoms with Crippen LogP contribution in [0.15, 0.2) is 40.9 Å². The maximum Gasteiger partial charge on any atom is 0.248 e. The number of rotatable bonds is 7. The van der Waals surface area contributed by atoms with Crippen molar-refractivity contribution in [3.63, 3.8) is 0 Å². The minimum atomic E-state index is -3.89. The fraction of sp³-hybridized carbons (Fsp3) is 0.381. The number of primary sulfonamides is 1. The van der Waals surface area contributed by atoms with Gasteiger partial charge in [-0.1, -0.05) is 39.8 Å². The Bertz CT molecular complexity index is 1110. The lowest BCUT2D eigenvalue weighted by Crippen LogP contribution is -2.11. The van der Waals surface area contributed by atoms with E-state index in [9.17, 15) is 12.8 Å². The van der Waals surface area contributed by atoms with Crippen molar-refractivity contribution in [1.82, 2.24) is 9.55 Å². The first kappa shape index (κ1) is 21.7. The minimum Gasteiger partial charge on any atom is -0.330 e. The number of hydrogen-bond donors (Lipinski definition) is 1. The number of benzene rings is 1. The van der Waals surface area contributed by atoms with Gasteiger partial charge in [0.2, 0.25) is 10.0 Å². The standard InChI is InChI=1S/C21H26FN3O2S2/c1-13(2)9-17-11-18(21(28-17)29(23,26)27)15-5-6-16(19(22)10-15)12-25-8-7-24-20(25)14(3)4/h5-8,10-11,13-14H,9,12H2,1-4H3,(H2,23,26,27). The number of aromatic nitrogens is 2. The zero-order chi connectivity index (χ0) is 21.3. The van der Waals surface area contributed by atoms with E-state index in [1.165, 1.54) is 6.07 Å². The number of nitrogens with zero attached hydrogens (tertiary/aromatic N) is 2. The molecule has 0 aliphatic carbocycles. The monoisotopic (exact) mass is 435 g/mol. The van der Waals surface area contributed by atoms with Gasteiger partial charge in [0.1, 0.15) is 15.9 Å². The second-order valence-corrected chi connectivity index (χ2v) is 10.8. The molecule has 0 atom stereocenters. The summed E-state index contributed by atoms with van der Waals surface area (Å²) in [5, 5.41) is 5.42. The van der Waals surface area contributed by atoms with E-state index in [1.807, 2.05) is 30.7 Å². The Labute approximate surface area is 175 Å². The molecule has 0 saturated heterocycles. The van der Waals surface area contributed by atoms with Gasteiger partial charge >= 0.3 is 0 Å². The molecule has 0 amide bonds. The van der Waals surface area contributed by atoms with Crippen LogP contribution in [-0.4, -0.2) is 18.0 Å². The van der Waals surface area contributed by atoms with Crippen LogP contribution in [0, 0.1) is 11.7 Å². The van der Waals surface area contributed by atoms with Gasteiger partial charge in [-0.15, -0.1) is 11.3 Å². The molecule has 0 aliphatic heterocycles. The number of hydrogen-bond acceptors (Lipinski definition) is 4. The molecule has 5 nitrogen and oxygen atoms in total. The summed E-state index contributed by atoms with van der Waals surface area (Å²) in [7, 11) is -3.89. The molecule has 2 aromatic heterocycles. The predicted molar refractivity (Wildman–Crippen MR) is 115 cm³/mol. The molecular weight excluding hydrogens is 409 g/mol. The molecule has 0 fully saturated rings. The van der Waals surface area contributed by atoms with Crippen molar-refractivity contribution < 1.29 is 12.8 Å². The molecule has 0 aliphatic rings. The fourth-order valence-corrected chi connectivity index (χ4v) is 5.71. The molecule has 0 saturated carbocycles. The van der Waals surface area contributed by atoms with Gasteiger partial charge < -0.3 is 4.57 Å². The quantitative estimate of drug-likeness (QED) is 0.581. The smallest absolute Gasteiger partial charge is 0.248 e. The van der Waals surface area contributed by atoms with E-state index in [0.717, 1.165) is 28.5 Å². The van der Waals surface area contributed by atoms with Crippen LogP contribution < -0.4 is 5.14 Å². The average molecular weight is 436 g/mol. The molecule has 0 radical (unpaired) electrons. The molecule has 0 bridgehead atoms. The molecule has 3 rings (SSSR count). The molecule has 1 aromatic carbocycles. The summed E-state index contributed by atoms with van der Waals surface area (Å²) < 4.78 is 41.0. The van der Waals surface area contributed by atoms with Crippen molar-refractivity contribution in [3.05, 3.63) is 58.7 Å². The van der Waals surface area contributed by atoms with E-state index in [-0.39, 0.29) is 15.9 Å². The molecule has 29 heavy (non-hydrogen) atoms. The van der Waals surface area contributed by atoms with E-state index >= 15 is 0 Å². The van der Waals surface area contributed by atoms with Crippen LogP contribution in [0.1, 0.15) is 49.9 Å². The SMILES string of the molecule is CC(C)Cc1cc(-c2ccc(Cn3ccnc3C(C)C)c(F)c2)c(S(N)(=O)=O)s1. The van der Waals surface area contributed by atoms with Crippen molar-refractivity contribution in [2.45, 2.75) is 50.8 Å². The first-order valence-electron chi connectivity index (χ1n) is 9.51. The van der Waals surface area contributed by atoms with Crippen LogP contribution >= 0.6 is 11.3 Å². The van der Waals surface area contributed by atoms with Gasteiger partial charge in [0.05, 0.1) is 6.54 Å². The highest BCUT2D eigenvalue weighted by Crippen LogP contribution is 2.36. The number of halogens is 1. The van der Waals surface area contributed by atoms with Crippen LogP contribution in [0.3, 0.4) is 0 Å². The summed E-state index contributed by atoms with van der Waals surface area (Å²) >= 11 is 1.16. The topological polar surface area (TPSA) is 78.0 Å². The van der Waals surface area contributed by atoms with E-state index in [4.69, 9.17) is 5.14 Å². The van der Waals surface area contributed by atoms with Gasteiger partial charge in [-0.2, -0.15) is 0 Å². The summed E-state index contributed by atoms with van der Waals surface area (Å²) in [5.41, 5.74) is 1.49. The summed E-state index contributed by atoms with van der Waals surface area (Å²) in [5.74, 6) is 1.11. The number of nitrogens with two attached hydrogens (primary N) is 1. The van der Waals surface area contributed by atoms with E-state index < -0.39 is 10.0 Å². The Balaban J connectivity index is 1.98. The highest BCUT2D eigenvalue weighted by molar-refractivity contribution is 7.91. The molecular formula is C21H26FN3O2S2. The highest BCUT2D eigenvalue weighted by Gasteiger charge is 2.21. The zero-order valence-electron chi connectivity index (χ0n) is 17.0. The third-order valence-corrected chi connectivity index (χ3v) is 7.22. The largest absolute Gasteiger partial charge is 0.330 e. The Morgan fingerprint density at radius 1 is 1.21 bits per heavy atom. The van der Waals surface area contributed by atoms with Crippen molar-refractivity contribution in [2.75, 3.05) is 0 Å². The highest BCUT2D eigenvalue weighted by atomic mass is 32.2. The molecule has 3 aromatic rings. The molecule has 0 unspecified atom stereocenters. The lowest BCUT2D eigenvalue weighted by atomic mass is 10.0. The van der Waals surface area contributed by atoms with E-state index in [0.29, 0.717) is 29.2 Å².